The van der Waals surface area contributed by atoms with E-state index in [2.05, 4.69) is 524 Å². The van der Waals surface area contributed by atoms with Crippen LogP contribution in [0, 0.1) is 0 Å². The molecule has 7 heteroatoms. The fraction of sp³-hybridized carbons (Fsp3) is 0. The third-order valence-electron chi connectivity index (χ3n) is 27.5. The summed E-state index contributed by atoms with van der Waals surface area (Å²) in [6.45, 7) is 0. The topological polar surface area (TPSA) is 22.9 Å². The van der Waals surface area contributed by atoms with E-state index < -0.39 is 0 Å². The lowest BCUT2D eigenvalue weighted by Crippen LogP contribution is -2.11. The molecule has 0 spiro atoms. The molecule has 0 amide bonds. The number of nitrogens with zero attached hydrogens (tertiary/aromatic N) is 3. The minimum Gasteiger partial charge on any atom is -0.456 e. The van der Waals surface area contributed by atoms with Gasteiger partial charge in [-0.25, -0.2) is 0 Å². The summed E-state index contributed by atoms with van der Waals surface area (Å²) in [6, 6.07) is 187. The van der Waals surface area contributed by atoms with Gasteiger partial charge in [-0.3, -0.25) is 0 Å². The van der Waals surface area contributed by atoms with Crippen molar-refractivity contribution in [3.8, 4) is 55.6 Å². The van der Waals surface area contributed by atoms with E-state index in [9.17, 15) is 0 Å². The number of hydrogen-bond acceptors (Lipinski definition) is 7. The zero-order chi connectivity index (χ0) is 91.8. The molecule has 0 aliphatic heterocycles. The van der Waals surface area contributed by atoms with Gasteiger partial charge in [-0.1, -0.05) is 370 Å². The maximum absolute atomic E-state index is 6.37. The van der Waals surface area contributed by atoms with Crippen molar-refractivity contribution in [1.29, 1.82) is 0 Å². The van der Waals surface area contributed by atoms with Gasteiger partial charge in [-0.2, -0.15) is 0 Å². The minimum absolute atomic E-state index is 0.882. The molecule has 0 unspecified atom stereocenters. The van der Waals surface area contributed by atoms with Gasteiger partial charge in [0.15, 0.2) is 0 Å². The van der Waals surface area contributed by atoms with Crippen molar-refractivity contribution in [3.63, 3.8) is 0 Å². The second kappa shape index (κ2) is 35.2. The van der Waals surface area contributed by atoms with Crippen molar-refractivity contribution in [2.45, 2.75) is 0 Å². The third kappa shape index (κ3) is 15.0. The first kappa shape index (κ1) is 82.4. The first-order chi connectivity index (χ1) is 68.9. The zero-order valence-electron chi connectivity index (χ0n) is 75.5. The SMILES string of the molecule is c1ccc(-c2ccc(N(c3ccc4ccc5ccc6sc7ccccc7c6c5c4c3)c3cccc4oc5ccccc5c34)cc2)cc1.c1ccc(-c2cccc(N(c3ccc4ccc5ccc6sc7ccccc7c6c5c4c3)c3ccccc3-c3ccccc3)c2)cc1.c1ccc(-c2cccc(N(c3cccc(-c4ccccc4)c3)c3ccc4ccc5ccc6sc7ccccc7c6c5c4c3)c2)cc1. The average molecular weight is 1830 g/mol. The van der Waals surface area contributed by atoms with Crippen molar-refractivity contribution < 1.29 is 4.42 Å². The van der Waals surface area contributed by atoms with Crippen LogP contribution in [0.3, 0.4) is 0 Å². The average Bonchev–Trinajstić information content (AvgIpc) is 1.67. The predicted molar refractivity (Wildman–Crippen MR) is 602 cm³/mol. The van der Waals surface area contributed by atoms with E-state index in [1.165, 1.54) is 181 Å². The Morgan fingerprint density at radius 2 is 0.432 bits per heavy atom. The van der Waals surface area contributed by atoms with Gasteiger partial charge in [0.05, 0.1) is 16.8 Å². The first-order valence-corrected chi connectivity index (χ1v) is 49.7. The molecule has 4 heterocycles. The molecule has 24 aromatic carbocycles. The van der Waals surface area contributed by atoms with E-state index in [4.69, 9.17) is 4.42 Å². The van der Waals surface area contributed by atoms with E-state index in [1.54, 1.807) is 0 Å². The molecule has 139 heavy (non-hydrogen) atoms. The Morgan fingerprint density at radius 3 is 0.871 bits per heavy atom. The fourth-order valence-electron chi connectivity index (χ4n) is 21.0. The monoisotopic (exact) mass is 1820 g/mol. The Hall–Kier alpha value is -17.3. The molecule has 0 saturated carbocycles. The van der Waals surface area contributed by atoms with E-state index in [1.807, 2.05) is 40.1 Å². The summed E-state index contributed by atoms with van der Waals surface area (Å²) in [4.78, 5) is 7.23. The van der Waals surface area contributed by atoms with Crippen LogP contribution in [-0.4, -0.2) is 0 Å². The molecule has 0 radical (unpaired) electrons. The minimum atomic E-state index is 0.882. The highest BCUT2D eigenvalue weighted by molar-refractivity contribution is 7.27. The van der Waals surface area contributed by atoms with Crippen molar-refractivity contribution >= 4 is 232 Å². The summed E-state index contributed by atoms with van der Waals surface area (Å²) in [5.41, 5.74) is 23.8. The molecule has 28 aromatic rings. The van der Waals surface area contributed by atoms with Crippen LogP contribution in [-0.2, 0) is 0 Å². The molecular weight excluding hydrogens is 1740 g/mol. The number of anilines is 9. The summed E-state index contributed by atoms with van der Waals surface area (Å²) in [6.07, 6.45) is 0. The Labute approximate surface area is 816 Å². The van der Waals surface area contributed by atoms with Gasteiger partial charge in [0.25, 0.3) is 0 Å². The van der Waals surface area contributed by atoms with E-state index >= 15 is 0 Å². The van der Waals surface area contributed by atoms with Gasteiger partial charge >= 0.3 is 0 Å². The van der Waals surface area contributed by atoms with Gasteiger partial charge < -0.3 is 19.1 Å². The van der Waals surface area contributed by atoms with Crippen LogP contribution in [0.15, 0.2) is 520 Å². The van der Waals surface area contributed by atoms with Gasteiger partial charge in [0.1, 0.15) is 11.2 Å². The molecule has 4 nitrogen and oxygen atoms in total. The largest absolute Gasteiger partial charge is 0.456 e. The first-order valence-electron chi connectivity index (χ1n) is 47.3. The smallest absolute Gasteiger partial charge is 0.137 e. The van der Waals surface area contributed by atoms with Gasteiger partial charge in [-0.05, 0) is 260 Å². The molecule has 28 rings (SSSR count). The number of rotatable bonds is 14. The predicted octanol–water partition coefficient (Wildman–Crippen LogP) is 39.7. The van der Waals surface area contributed by atoms with Crippen LogP contribution < -0.4 is 14.7 Å². The molecule has 0 aliphatic rings. The fourth-order valence-corrected chi connectivity index (χ4v) is 24.4. The maximum atomic E-state index is 6.37. The third-order valence-corrected chi connectivity index (χ3v) is 30.9. The van der Waals surface area contributed by atoms with Gasteiger partial charge in [0, 0.05) is 111 Å². The lowest BCUT2D eigenvalue weighted by Gasteiger charge is -2.28. The number of furan rings is 1. The van der Waals surface area contributed by atoms with Gasteiger partial charge in [-0.15, -0.1) is 34.0 Å². The van der Waals surface area contributed by atoms with Gasteiger partial charge in [0.2, 0.25) is 0 Å². The number of thiophene rings is 3. The summed E-state index contributed by atoms with van der Waals surface area (Å²) in [5.74, 6) is 0. The van der Waals surface area contributed by atoms with Crippen molar-refractivity contribution in [1.82, 2.24) is 0 Å². The summed E-state index contributed by atoms with van der Waals surface area (Å²) in [7, 11) is 0. The number of hydrogen-bond donors (Lipinski definition) is 0. The lowest BCUT2D eigenvalue weighted by molar-refractivity contribution is 0.669. The molecule has 4 aromatic heterocycles. The maximum Gasteiger partial charge on any atom is 0.137 e. The Morgan fingerprint density at radius 1 is 0.144 bits per heavy atom. The molecule has 0 saturated heterocycles. The van der Waals surface area contributed by atoms with Crippen LogP contribution in [0.4, 0.5) is 51.2 Å². The second-order valence-corrected chi connectivity index (χ2v) is 38.9. The lowest BCUT2D eigenvalue weighted by atomic mass is 9.96. The summed E-state index contributed by atoms with van der Waals surface area (Å²) in [5, 5.41) is 25.5. The Bertz CT molecular complexity index is 9520. The summed E-state index contributed by atoms with van der Waals surface area (Å²) < 4.78 is 14.3. The van der Waals surface area contributed by atoms with Crippen LogP contribution in [0.5, 0.6) is 0 Å². The highest BCUT2D eigenvalue weighted by atomic mass is 32.1. The van der Waals surface area contributed by atoms with E-state index in [0.717, 1.165) is 73.1 Å². The number of para-hydroxylation sites is 2. The van der Waals surface area contributed by atoms with Crippen LogP contribution in [0.1, 0.15) is 0 Å². The van der Waals surface area contributed by atoms with Crippen molar-refractivity contribution in [2.24, 2.45) is 0 Å². The molecule has 0 aliphatic carbocycles. The normalized spacial score (nSPS) is 11.6. The molecule has 0 atom stereocenters. The molecule has 0 N–H and O–H groups in total. The molecular formula is C132H85N3OS3. The zero-order valence-corrected chi connectivity index (χ0v) is 78.0. The molecule has 0 bridgehead atoms. The standard InChI is InChI=1S/C44H27NOS.2C44H29NS/c1-2-9-28(10-3-1)29-19-23-32(24-20-29)45(37-13-8-15-39-43(37)34-11-4-6-14-38(34)46-39)33-25-21-30-17-18-31-22-26-41-44(42(31)36(30)27-33)35-12-5-7-16-40(35)47-41;1-3-12-30(13-4-1)34-16-11-17-35(28-34)45(40-20-9-7-18-37(40)31-14-5-2-6-15-31)36-26-24-32-22-23-33-25-27-42-44(43(33)39(32)29-36)38-19-8-10-21-41(38)46-42;1-3-11-30(12-4-1)34-15-9-17-36(27-34)45(37-18-10-16-35(28-37)31-13-5-2-6-14-31)38-25-23-32-21-22-33-24-26-42-44(43(33)40(32)29-38)39-19-7-8-20-41(39)46-42/h1-27H;2*1-29H. The van der Waals surface area contributed by atoms with Crippen molar-refractivity contribution in [2.75, 3.05) is 14.7 Å². The summed E-state index contributed by atoms with van der Waals surface area (Å²) >= 11 is 5.63. The van der Waals surface area contributed by atoms with Crippen LogP contribution >= 0.6 is 34.0 Å². The highest BCUT2D eigenvalue weighted by Crippen LogP contribution is 2.52. The Balaban J connectivity index is 0.000000108. The van der Waals surface area contributed by atoms with E-state index in [-0.39, 0.29) is 0 Å². The quantitative estimate of drug-likeness (QED) is 0.101. The highest BCUT2D eigenvalue weighted by Gasteiger charge is 2.26. The van der Waals surface area contributed by atoms with Crippen LogP contribution in [0.2, 0.25) is 0 Å². The Kier molecular flexibility index (Phi) is 20.9. The van der Waals surface area contributed by atoms with E-state index in [0.29, 0.717) is 0 Å². The second-order valence-electron chi connectivity index (χ2n) is 35.6. The van der Waals surface area contributed by atoms with Crippen molar-refractivity contribution in [3.05, 3.63) is 516 Å². The van der Waals surface area contributed by atoms with Crippen LogP contribution in [0.25, 0.3) is 203 Å². The molecule has 652 valence electrons. The number of fused-ring (bicyclic) bond motifs is 24. The number of benzene rings is 24. The molecule has 0 fully saturated rings.